The summed E-state index contributed by atoms with van der Waals surface area (Å²) in [5.74, 6) is 1.64. The van der Waals surface area contributed by atoms with Crippen molar-refractivity contribution in [3.05, 3.63) is 65.5 Å². The van der Waals surface area contributed by atoms with Crippen LogP contribution in [0.3, 0.4) is 0 Å². The minimum absolute atomic E-state index is 0.632. The van der Waals surface area contributed by atoms with Gasteiger partial charge in [0, 0.05) is 23.9 Å². The molecule has 4 rings (SSSR count). The third-order valence-corrected chi connectivity index (χ3v) is 6.05. The van der Waals surface area contributed by atoms with Crippen LogP contribution < -0.4 is 5.32 Å². The van der Waals surface area contributed by atoms with E-state index in [2.05, 4.69) is 47.3 Å². The predicted octanol–water partition coefficient (Wildman–Crippen LogP) is 6.52. The topological polar surface area (TPSA) is 80.6 Å². The van der Waals surface area contributed by atoms with E-state index in [4.69, 9.17) is 9.97 Å². The Morgan fingerprint density at radius 3 is 2.49 bits per heavy atom. The first-order valence-electron chi connectivity index (χ1n) is 12.9. The van der Waals surface area contributed by atoms with Gasteiger partial charge in [0.25, 0.3) is 0 Å². The van der Waals surface area contributed by atoms with Gasteiger partial charge in [-0.15, -0.1) is 0 Å². The summed E-state index contributed by atoms with van der Waals surface area (Å²) in [5, 5.41) is 14.9. The van der Waals surface area contributed by atoms with Crippen LogP contribution in [0.25, 0.3) is 21.9 Å². The summed E-state index contributed by atoms with van der Waals surface area (Å²) < 4.78 is 0. The average Bonchev–Trinajstić information content (AvgIpc) is 3.27. The van der Waals surface area contributed by atoms with Crippen molar-refractivity contribution in [2.45, 2.75) is 53.4 Å². The van der Waals surface area contributed by atoms with Gasteiger partial charge in [-0.1, -0.05) is 70.5 Å². The molecule has 2 N–H and O–H groups in total. The van der Waals surface area contributed by atoms with Gasteiger partial charge in [-0.3, -0.25) is 0 Å². The average molecular weight is 471 g/mol. The standard InChI is InChI=1S/C27H32N6.C2H6/c1-3-5-15-33(4-2)16-9-14-29-26-25-22-13-12-21(19-28)17-23(22)30-27(25)32-24(31-26)18-20-10-7-6-8-11-20;1-2/h6-8,10-13,17H,3-5,9,14-16,18H2,1-2H3,(H2,29,30,31,32);1-2H3. The van der Waals surface area contributed by atoms with Crippen LogP contribution in [0.4, 0.5) is 5.82 Å². The van der Waals surface area contributed by atoms with Crippen LogP contribution in [-0.4, -0.2) is 46.0 Å². The number of H-pyrrole nitrogens is 1. The van der Waals surface area contributed by atoms with E-state index in [9.17, 15) is 5.26 Å². The molecule has 2 heterocycles. The number of aromatic nitrogens is 3. The van der Waals surface area contributed by atoms with Crippen molar-refractivity contribution in [2.75, 3.05) is 31.5 Å². The Kier molecular flexibility index (Phi) is 10.1. The molecule has 0 saturated carbocycles. The number of rotatable bonds is 11. The molecule has 2 aromatic heterocycles. The first kappa shape index (κ1) is 26.2. The van der Waals surface area contributed by atoms with Crippen LogP contribution in [0.15, 0.2) is 48.5 Å². The fourth-order valence-electron chi connectivity index (χ4n) is 4.22. The molecule has 0 aliphatic rings. The van der Waals surface area contributed by atoms with E-state index >= 15 is 0 Å². The largest absolute Gasteiger partial charge is 0.369 e. The van der Waals surface area contributed by atoms with Crippen molar-refractivity contribution in [3.63, 3.8) is 0 Å². The molecule has 0 spiro atoms. The van der Waals surface area contributed by atoms with Crippen molar-refractivity contribution in [2.24, 2.45) is 0 Å². The number of fused-ring (bicyclic) bond motifs is 3. The lowest BCUT2D eigenvalue weighted by Crippen LogP contribution is -2.27. The number of nitriles is 1. The van der Waals surface area contributed by atoms with Gasteiger partial charge in [0.05, 0.1) is 17.0 Å². The fourth-order valence-corrected chi connectivity index (χ4v) is 4.22. The van der Waals surface area contributed by atoms with Gasteiger partial charge >= 0.3 is 0 Å². The number of hydrogen-bond donors (Lipinski definition) is 2. The molecule has 0 aliphatic heterocycles. The molecule has 0 fully saturated rings. The van der Waals surface area contributed by atoms with Crippen LogP contribution in [0.1, 0.15) is 63.9 Å². The van der Waals surface area contributed by atoms with E-state index in [1.54, 1.807) is 0 Å². The zero-order chi connectivity index (χ0) is 25.0. The normalized spacial score (nSPS) is 10.9. The number of anilines is 1. The minimum Gasteiger partial charge on any atom is -0.369 e. The second-order valence-corrected chi connectivity index (χ2v) is 8.44. The molecular weight excluding hydrogens is 432 g/mol. The van der Waals surface area contributed by atoms with Gasteiger partial charge in [0.1, 0.15) is 17.3 Å². The lowest BCUT2D eigenvalue weighted by molar-refractivity contribution is 0.282. The zero-order valence-corrected chi connectivity index (χ0v) is 21.6. The van der Waals surface area contributed by atoms with E-state index < -0.39 is 0 Å². The molecule has 6 heteroatoms. The van der Waals surface area contributed by atoms with Crippen LogP contribution in [-0.2, 0) is 6.42 Å². The van der Waals surface area contributed by atoms with E-state index in [0.29, 0.717) is 12.0 Å². The maximum absolute atomic E-state index is 9.29. The molecule has 0 bridgehead atoms. The van der Waals surface area contributed by atoms with Crippen LogP contribution in [0, 0.1) is 11.3 Å². The molecule has 35 heavy (non-hydrogen) atoms. The second kappa shape index (κ2) is 13.5. The minimum atomic E-state index is 0.632. The number of hydrogen-bond acceptors (Lipinski definition) is 5. The van der Waals surface area contributed by atoms with Gasteiger partial charge in [0.15, 0.2) is 0 Å². The number of nitrogens with one attached hydrogen (secondary N) is 2. The SMILES string of the molecule is CC.CCCCN(CC)CCCNc1nc(Cc2ccccc2)nc2[nH]c3cc(C#N)ccc3c12. The van der Waals surface area contributed by atoms with Crippen molar-refractivity contribution in [1.82, 2.24) is 19.9 Å². The Morgan fingerprint density at radius 2 is 1.77 bits per heavy atom. The Bertz CT molecular complexity index is 1240. The first-order chi connectivity index (χ1) is 17.2. The molecule has 0 atom stereocenters. The third kappa shape index (κ3) is 6.80. The molecule has 6 nitrogen and oxygen atoms in total. The quantitative estimate of drug-likeness (QED) is 0.244. The zero-order valence-electron chi connectivity index (χ0n) is 21.6. The summed E-state index contributed by atoms with van der Waals surface area (Å²) in [4.78, 5) is 15.7. The molecule has 0 aliphatic carbocycles. The highest BCUT2D eigenvalue weighted by Gasteiger charge is 2.15. The molecule has 0 unspecified atom stereocenters. The number of nitrogens with zero attached hydrogens (tertiary/aromatic N) is 4. The molecule has 0 amide bonds. The highest BCUT2D eigenvalue weighted by molar-refractivity contribution is 6.11. The lowest BCUT2D eigenvalue weighted by Gasteiger charge is -2.20. The van der Waals surface area contributed by atoms with Crippen molar-refractivity contribution < 1.29 is 0 Å². The highest BCUT2D eigenvalue weighted by atomic mass is 15.1. The van der Waals surface area contributed by atoms with E-state index in [-0.39, 0.29) is 0 Å². The molecular formula is C29H38N6. The smallest absolute Gasteiger partial charge is 0.144 e. The van der Waals surface area contributed by atoms with Crippen LogP contribution in [0.2, 0.25) is 0 Å². The Morgan fingerprint density at radius 1 is 1.00 bits per heavy atom. The first-order valence-corrected chi connectivity index (χ1v) is 12.9. The van der Waals surface area contributed by atoms with E-state index in [1.807, 2.05) is 50.2 Å². The second-order valence-electron chi connectivity index (χ2n) is 8.44. The molecule has 0 radical (unpaired) electrons. The lowest BCUT2D eigenvalue weighted by atomic mass is 10.1. The summed E-state index contributed by atoms with van der Waals surface area (Å²) in [6.07, 6.45) is 4.20. The fraction of sp³-hybridized carbons (Fsp3) is 0.414. The highest BCUT2D eigenvalue weighted by Crippen LogP contribution is 2.30. The van der Waals surface area contributed by atoms with Gasteiger partial charge < -0.3 is 15.2 Å². The van der Waals surface area contributed by atoms with Crippen molar-refractivity contribution in [1.29, 1.82) is 5.26 Å². The summed E-state index contributed by atoms with van der Waals surface area (Å²) in [6, 6.07) is 18.2. The van der Waals surface area contributed by atoms with Crippen molar-refractivity contribution in [3.8, 4) is 6.07 Å². The molecule has 0 saturated heterocycles. The summed E-state index contributed by atoms with van der Waals surface area (Å²) in [5.41, 5.74) is 3.53. The molecule has 184 valence electrons. The van der Waals surface area contributed by atoms with Gasteiger partial charge in [-0.25, -0.2) is 9.97 Å². The summed E-state index contributed by atoms with van der Waals surface area (Å²) in [7, 11) is 0. The van der Waals surface area contributed by atoms with Gasteiger partial charge in [0.2, 0.25) is 0 Å². The molecule has 4 aromatic rings. The molecule has 2 aromatic carbocycles. The maximum Gasteiger partial charge on any atom is 0.144 e. The number of unbranched alkanes of at least 4 members (excludes halogenated alkanes) is 1. The monoisotopic (exact) mass is 470 g/mol. The number of aromatic amines is 1. The third-order valence-electron chi connectivity index (χ3n) is 6.05. The Labute approximate surface area is 209 Å². The van der Waals surface area contributed by atoms with Gasteiger partial charge in [-0.2, -0.15) is 5.26 Å². The Balaban J connectivity index is 0.00000167. The summed E-state index contributed by atoms with van der Waals surface area (Å²) in [6.45, 7) is 12.6. The predicted molar refractivity (Wildman–Crippen MR) is 147 cm³/mol. The Hall–Kier alpha value is -3.43. The van der Waals surface area contributed by atoms with E-state index in [1.165, 1.54) is 18.4 Å². The van der Waals surface area contributed by atoms with Crippen LogP contribution >= 0.6 is 0 Å². The summed E-state index contributed by atoms with van der Waals surface area (Å²) >= 11 is 0. The van der Waals surface area contributed by atoms with E-state index in [0.717, 1.165) is 66.2 Å². The van der Waals surface area contributed by atoms with Crippen molar-refractivity contribution >= 4 is 27.8 Å². The number of benzene rings is 2. The maximum atomic E-state index is 9.29. The van der Waals surface area contributed by atoms with Gasteiger partial charge in [-0.05, 0) is 50.2 Å². The van der Waals surface area contributed by atoms with Crippen LogP contribution in [0.5, 0.6) is 0 Å².